The van der Waals surface area contributed by atoms with Crippen LogP contribution < -0.4 is 0 Å². The van der Waals surface area contributed by atoms with Crippen molar-refractivity contribution in [1.29, 1.82) is 0 Å². The lowest BCUT2D eigenvalue weighted by atomic mass is 9.87. The summed E-state index contributed by atoms with van der Waals surface area (Å²) >= 11 is 5.90. The molecule has 1 aliphatic heterocycles. The van der Waals surface area contributed by atoms with E-state index in [2.05, 4.69) is 9.88 Å². The first-order valence-electron chi connectivity index (χ1n) is 6.95. The van der Waals surface area contributed by atoms with Gasteiger partial charge in [0.2, 0.25) is 0 Å². The molecule has 1 aromatic heterocycles. The number of aromatic nitrogens is 1. The maximum atomic E-state index is 12.6. The van der Waals surface area contributed by atoms with Gasteiger partial charge >= 0.3 is 6.18 Å². The van der Waals surface area contributed by atoms with E-state index in [-0.39, 0.29) is 10.7 Å². The molecule has 1 fully saturated rings. The van der Waals surface area contributed by atoms with E-state index in [9.17, 15) is 18.3 Å². The van der Waals surface area contributed by atoms with Crippen molar-refractivity contribution in [2.24, 2.45) is 0 Å². The highest BCUT2D eigenvalue weighted by atomic mass is 35.5. The summed E-state index contributed by atoms with van der Waals surface area (Å²) in [5, 5.41) is 10.5. The predicted molar refractivity (Wildman–Crippen MR) is 74.1 cm³/mol. The molecular weight excluding hydrogens is 305 g/mol. The van der Waals surface area contributed by atoms with Crippen LogP contribution in [0.4, 0.5) is 13.2 Å². The van der Waals surface area contributed by atoms with Gasteiger partial charge in [0.25, 0.3) is 0 Å². The zero-order valence-corrected chi connectivity index (χ0v) is 12.5. The molecule has 1 unspecified atom stereocenters. The molecule has 1 aromatic rings. The summed E-state index contributed by atoms with van der Waals surface area (Å²) in [6, 6.07) is 2.13. The molecule has 0 aromatic carbocycles. The average molecular weight is 323 g/mol. The second kappa shape index (κ2) is 6.10. The first kappa shape index (κ1) is 16.5. The van der Waals surface area contributed by atoms with Gasteiger partial charge < -0.3 is 10.0 Å². The molecule has 1 atom stereocenters. The van der Waals surface area contributed by atoms with Crippen molar-refractivity contribution in [1.82, 2.24) is 9.88 Å². The third kappa shape index (κ3) is 3.67. The minimum atomic E-state index is -4.53. The molecule has 0 aliphatic carbocycles. The predicted octanol–water partition coefficient (Wildman–Crippen LogP) is 3.45. The molecule has 7 heteroatoms. The molecular formula is C14H18ClF3N2O. The Hall–Kier alpha value is -0.850. The van der Waals surface area contributed by atoms with Gasteiger partial charge in [-0.2, -0.15) is 13.2 Å². The minimum Gasteiger partial charge on any atom is -0.385 e. The van der Waals surface area contributed by atoms with Crippen LogP contribution in [0.3, 0.4) is 0 Å². The van der Waals surface area contributed by atoms with Gasteiger partial charge in [0.05, 0.1) is 5.60 Å². The Balaban J connectivity index is 2.28. The molecule has 1 aliphatic rings. The quantitative estimate of drug-likeness (QED) is 0.847. The van der Waals surface area contributed by atoms with Gasteiger partial charge in [-0.15, -0.1) is 0 Å². The zero-order valence-electron chi connectivity index (χ0n) is 11.8. The fourth-order valence-corrected chi connectivity index (χ4v) is 3.03. The SMILES string of the molecule is CCN1CCCC(O)(c2ccc(C(F)(F)F)nc2Cl)CC1. The van der Waals surface area contributed by atoms with Crippen molar-refractivity contribution in [2.45, 2.75) is 38.0 Å². The number of alkyl halides is 3. The lowest BCUT2D eigenvalue weighted by Crippen LogP contribution is -2.30. The number of aliphatic hydroxyl groups is 1. The highest BCUT2D eigenvalue weighted by molar-refractivity contribution is 6.30. The van der Waals surface area contributed by atoms with Crippen LogP contribution in [0, 0.1) is 0 Å². The Kier molecular flexibility index (Phi) is 4.80. The van der Waals surface area contributed by atoms with Crippen molar-refractivity contribution in [3.05, 3.63) is 28.5 Å². The lowest BCUT2D eigenvalue weighted by molar-refractivity contribution is -0.141. The highest BCUT2D eigenvalue weighted by Crippen LogP contribution is 2.38. The Morgan fingerprint density at radius 2 is 2.05 bits per heavy atom. The summed E-state index contributed by atoms with van der Waals surface area (Å²) < 4.78 is 37.8. The summed E-state index contributed by atoms with van der Waals surface area (Å²) in [6.45, 7) is 4.47. The zero-order chi connectivity index (χ0) is 15.7. The van der Waals surface area contributed by atoms with Gasteiger partial charge in [0, 0.05) is 12.1 Å². The monoisotopic (exact) mass is 322 g/mol. The van der Waals surface area contributed by atoms with E-state index in [1.165, 1.54) is 6.07 Å². The van der Waals surface area contributed by atoms with E-state index in [1.807, 2.05) is 6.92 Å². The van der Waals surface area contributed by atoms with Crippen molar-refractivity contribution < 1.29 is 18.3 Å². The first-order valence-corrected chi connectivity index (χ1v) is 7.33. The maximum absolute atomic E-state index is 12.6. The van der Waals surface area contributed by atoms with E-state index < -0.39 is 17.5 Å². The van der Waals surface area contributed by atoms with Gasteiger partial charge in [-0.25, -0.2) is 4.98 Å². The molecule has 3 nitrogen and oxygen atoms in total. The standard InChI is InChI=1S/C14H18ClF3N2O/c1-2-20-8-3-6-13(21,7-9-20)10-4-5-11(14(16,17)18)19-12(10)15/h4-5,21H,2-3,6-9H2,1H3. The topological polar surface area (TPSA) is 36.4 Å². The number of hydrogen-bond donors (Lipinski definition) is 1. The van der Waals surface area contributed by atoms with Crippen molar-refractivity contribution in [2.75, 3.05) is 19.6 Å². The summed E-state index contributed by atoms with van der Waals surface area (Å²) in [4.78, 5) is 5.60. The molecule has 1 N–H and O–H groups in total. The molecule has 0 spiro atoms. The van der Waals surface area contributed by atoms with E-state index in [0.29, 0.717) is 19.4 Å². The van der Waals surface area contributed by atoms with Crippen LogP contribution in [0.2, 0.25) is 5.15 Å². The summed E-state index contributed by atoms with van der Waals surface area (Å²) in [5.41, 5.74) is -1.96. The number of hydrogen-bond acceptors (Lipinski definition) is 3. The highest BCUT2D eigenvalue weighted by Gasteiger charge is 2.37. The van der Waals surface area contributed by atoms with E-state index in [1.54, 1.807) is 0 Å². The first-order chi connectivity index (χ1) is 9.76. The van der Waals surface area contributed by atoms with Gasteiger partial charge in [-0.1, -0.05) is 24.6 Å². The number of likely N-dealkylation sites (tertiary alicyclic amines) is 1. The van der Waals surface area contributed by atoms with Crippen LogP contribution in [-0.4, -0.2) is 34.6 Å². The molecule has 118 valence electrons. The number of halogens is 4. The number of pyridine rings is 1. The van der Waals surface area contributed by atoms with Crippen LogP contribution in [0.25, 0.3) is 0 Å². The van der Waals surface area contributed by atoms with E-state index in [4.69, 9.17) is 11.6 Å². The third-order valence-corrected chi connectivity index (χ3v) is 4.28. The van der Waals surface area contributed by atoms with Crippen LogP contribution >= 0.6 is 11.6 Å². The van der Waals surface area contributed by atoms with Crippen molar-refractivity contribution in [3.8, 4) is 0 Å². The van der Waals surface area contributed by atoms with Crippen LogP contribution in [0.15, 0.2) is 12.1 Å². The molecule has 1 saturated heterocycles. The third-order valence-electron chi connectivity index (χ3n) is 3.99. The van der Waals surface area contributed by atoms with Gasteiger partial charge in [-0.05, 0) is 38.4 Å². The second-order valence-electron chi connectivity index (χ2n) is 5.35. The fraction of sp³-hybridized carbons (Fsp3) is 0.643. The largest absolute Gasteiger partial charge is 0.433 e. The number of rotatable bonds is 2. The second-order valence-corrected chi connectivity index (χ2v) is 5.71. The van der Waals surface area contributed by atoms with Gasteiger partial charge in [0.15, 0.2) is 0 Å². The van der Waals surface area contributed by atoms with Crippen LogP contribution in [0.5, 0.6) is 0 Å². The summed E-state index contributed by atoms with van der Waals surface area (Å²) in [6.07, 6.45) is -2.86. The Bertz CT molecular complexity index is 509. The van der Waals surface area contributed by atoms with E-state index >= 15 is 0 Å². The van der Waals surface area contributed by atoms with E-state index in [0.717, 1.165) is 25.6 Å². The van der Waals surface area contributed by atoms with Crippen LogP contribution in [-0.2, 0) is 11.8 Å². The van der Waals surface area contributed by atoms with Gasteiger partial charge in [-0.3, -0.25) is 0 Å². The summed E-state index contributed by atoms with van der Waals surface area (Å²) in [5.74, 6) is 0. The average Bonchev–Trinajstić information content (AvgIpc) is 2.60. The molecule has 0 bridgehead atoms. The molecule has 0 amide bonds. The molecule has 2 rings (SSSR count). The molecule has 21 heavy (non-hydrogen) atoms. The number of nitrogens with zero attached hydrogens (tertiary/aromatic N) is 2. The van der Waals surface area contributed by atoms with Gasteiger partial charge in [0.1, 0.15) is 10.8 Å². The van der Waals surface area contributed by atoms with Crippen LogP contribution in [0.1, 0.15) is 37.4 Å². The lowest BCUT2D eigenvalue weighted by Gasteiger charge is -2.28. The molecule has 0 radical (unpaired) electrons. The fourth-order valence-electron chi connectivity index (χ4n) is 2.70. The molecule has 2 heterocycles. The smallest absolute Gasteiger partial charge is 0.385 e. The summed E-state index contributed by atoms with van der Waals surface area (Å²) in [7, 11) is 0. The Labute approximate surface area is 126 Å². The Morgan fingerprint density at radius 3 is 2.62 bits per heavy atom. The van der Waals surface area contributed by atoms with Crippen molar-refractivity contribution >= 4 is 11.6 Å². The normalized spacial score (nSPS) is 24.9. The maximum Gasteiger partial charge on any atom is 0.433 e. The Morgan fingerprint density at radius 1 is 1.33 bits per heavy atom. The molecule has 0 saturated carbocycles. The minimum absolute atomic E-state index is 0.266. The van der Waals surface area contributed by atoms with Crippen molar-refractivity contribution in [3.63, 3.8) is 0 Å².